The van der Waals surface area contributed by atoms with Gasteiger partial charge < -0.3 is 9.88 Å². The number of benzene rings is 1. The topological polar surface area (TPSA) is 34.0 Å². The third kappa shape index (κ3) is 2.21. The average Bonchev–Trinajstić information content (AvgIpc) is 2.72. The van der Waals surface area contributed by atoms with Gasteiger partial charge in [0, 0.05) is 29.7 Å². The minimum atomic E-state index is 0.0891. The summed E-state index contributed by atoms with van der Waals surface area (Å²) in [4.78, 5) is 12.6. The molecule has 1 fully saturated rings. The monoisotopic (exact) mass is 270 g/mol. The number of nitrogens with zero attached hydrogens (tertiary/aromatic N) is 1. The van der Waals surface area contributed by atoms with Crippen molar-refractivity contribution in [3.63, 3.8) is 0 Å². The fraction of sp³-hybridized carbons (Fsp3) is 0.471. The predicted molar refractivity (Wildman–Crippen MR) is 82.0 cm³/mol. The van der Waals surface area contributed by atoms with Crippen LogP contribution in [0.3, 0.4) is 0 Å². The van der Waals surface area contributed by atoms with Crippen molar-refractivity contribution in [1.82, 2.24) is 9.88 Å². The highest BCUT2D eigenvalue weighted by atomic mass is 16.1. The van der Waals surface area contributed by atoms with Crippen LogP contribution in [0, 0.1) is 6.92 Å². The summed E-state index contributed by atoms with van der Waals surface area (Å²) >= 11 is 0. The molecule has 1 aromatic carbocycles. The van der Waals surface area contributed by atoms with Crippen molar-refractivity contribution in [3.8, 4) is 0 Å². The maximum atomic E-state index is 12.6. The first-order chi connectivity index (χ1) is 9.68. The Morgan fingerprint density at radius 1 is 1.20 bits per heavy atom. The van der Waals surface area contributed by atoms with Crippen LogP contribution >= 0.6 is 0 Å². The molecule has 0 spiro atoms. The Kier molecular flexibility index (Phi) is 3.51. The van der Waals surface area contributed by atoms with Crippen molar-refractivity contribution >= 4 is 16.8 Å². The number of carbonyl (C=O) groups excluding carboxylic acids is 1. The van der Waals surface area contributed by atoms with E-state index in [2.05, 4.69) is 16.0 Å². The van der Waals surface area contributed by atoms with Gasteiger partial charge in [0.2, 0.25) is 0 Å². The van der Waals surface area contributed by atoms with Gasteiger partial charge in [-0.15, -0.1) is 0 Å². The maximum absolute atomic E-state index is 12.6. The minimum absolute atomic E-state index is 0.0891. The fourth-order valence-corrected chi connectivity index (χ4v) is 3.31. The molecule has 1 heterocycles. The predicted octanol–water partition coefficient (Wildman–Crippen LogP) is 3.55. The van der Waals surface area contributed by atoms with Crippen molar-refractivity contribution in [2.24, 2.45) is 7.05 Å². The highest BCUT2D eigenvalue weighted by Gasteiger charge is 2.21. The molecular weight excluding hydrogens is 248 g/mol. The van der Waals surface area contributed by atoms with Gasteiger partial charge in [-0.2, -0.15) is 0 Å². The first-order valence-corrected chi connectivity index (χ1v) is 7.53. The van der Waals surface area contributed by atoms with Crippen LogP contribution in [-0.4, -0.2) is 16.5 Å². The van der Waals surface area contributed by atoms with E-state index in [9.17, 15) is 4.79 Å². The van der Waals surface area contributed by atoms with Gasteiger partial charge in [0.1, 0.15) is 0 Å². The lowest BCUT2D eigenvalue weighted by molar-refractivity contribution is 0.0928. The number of para-hydroxylation sites is 1. The molecule has 3 rings (SSSR count). The average molecular weight is 270 g/mol. The van der Waals surface area contributed by atoms with Gasteiger partial charge in [-0.05, 0) is 25.8 Å². The number of aryl methyl sites for hydroxylation is 1. The molecule has 2 aromatic rings. The van der Waals surface area contributed by atoms with E-state index in [0.29, 0.717) is 6.04 Å². The highest BCUT2D eigenvalue weighted by molar-refractivity contribution is 6.08. The van der Waals surface area contributed by atoms with Crippen molar-refractivity contribution in [1.29, 1.82) is 0 Å². The smallest absolute Gasteiger partial charge is 0.253 e. The van der Waals surface area contributed by atoms with E-state index in [1.165, 1.54) is 19.3 Å². The molecular formula is C17H22N2O. The SMILES string of the molecule is Cc1c(C(=O)NC2CCCCC2)c2ccccc2n1C. The zero-order valence-corrected chi connectivity index (χ0v) is 12.3. The quantitative estimate of drug-likeness (QED) is 0.889. The minimum Gasteiger partial charge on any atom is -0.349 e. The summed E-state index contributed by atoms with van der Waals surface area (Å²) in [7, 11) is 2.02. The molecule has 0 atom stereocenters. The van der Waals surface area contributed by atoms with Crippen LogP contribution in [0.5, 0.6) is 0 Å². The van der Waals surface area contributed by atoms with E-state index in [1.807, 2.05) is 32.2 Å². The van der Waals surface area contributed by atoms with Crippen LogP contribution in [0.15, 0.2) is 24.3 Å². The molecule has 1 aliphatic carbocycles. The van der Waals surface area contributed by atoms with E-state index in [1.54, 1.807) is 0 Å². The van der Waals surface area contributed by atoms with E-state index in [-0.39, 0.29) is 5.91 Å². The molecule has 1 saturated carbocycles. The summed E-state index contributed by atoms with van der Waals surface area (Å²) in [6.07, 6.45) is 6.02. The van der Waals surface area contributed by atoms with Gasteiger partial charge in [0.05, 0.1) is 5.56 Å². The van der Waals surface area contributed by atoms with Crippen LogP contribution in [0.25, 0.3) is 10.9 Å². The molecule has 0 radical (unpaired) electrons. The second kappa shape index (κ2) is 5.31. The summed E-state index contributed by atoms with van der Waals surface area (Å²) in [6, 6.07) is 8.48. The zero-order chi connectivity index (χ0) is 14.1. The number of carbonyl (C=O) groups is 1. The third-order valence-electron chi connectivity index (χ3n) is 4.57. The molecule has 1 aliphatic rings. The van der Waals surface area contributed by atoms with E-state index in [0.717, 1.165) is 35.0 Å². The Balaban J connectivity index is 1.93. The van der Waals surface area contributed by atoms with Gasteiger partial charge in [-0.1, -0.05) is 37.5 Å². The fourth-order valence-electron chi connectivity index (χ4n) is 3.31. The Hall–Kier alpha value is -1.77. The Labute approximate surface area is 120 Å². The second-order valence-electron chi connectivity index (χ2n) is 5.84. The Morgan fingerprint density at radius 2 is 1.90 bits per heavy atom. The number of amides is 1. The van der Waals surface area contributed by atoms with Gasteiger partial charge in [0.15, 0.2) is 0 Å². The molecule has 20 heavy (non-hydrogen) atoms. The Morgan fingerprint density at radius 3 is 2.65 bits per heavy atom. The van der Waals surface area contributed by atoms with E-state index in [4.69, 9.17) is 0 Å². The molecule has 106 valence electrons. The van der Waals surface area contributed by atoms with Gasteiger partial charge >= 0.3 is 0 Å². The maximum Gasteiger partial charge on any atom is 0.253 e. The molecule has 1 N–H and O–H groups in total. The van der Waals surface area contributed by atoms with Crippen LogP contribution in [0.2, 0.25) is 0 Å². The molecule has 3 heteroatoms. The number of fused-ring (bicyclic) bond motifs is 1. The molecule has 0 saturated heterocycles. The highest BCUT2D eigenvalue weighted by Crippen LogP contribution is 2.25. The third-order valence-corrected chi connectivity index (χ3v) is 4.57. The zero-order valence-electron chi connectivity index (χ0n) is 12.3. The molecule has 0 aliphatic heterocycles. The normalized spacial score (nSPS) is 16.5. The van der Waals surface area contributed by atoms with Crippen molar-refractivity contribution < 1.29 is 4.79 Å². The number of aromatic nitrogens is 1. The first kappa shape index (κ1) is 13.2. The molecule has 0 bridgehead atoms. The van der Waals surface area contributed by atoms with E-state index >= 15 is 0 Å². The van der Waals surface area contributed by atoms with Crippen LogP contribution in [0.1, 0.15) is 48.2 Å². The van der Waals surface area contributed by atoms with Gasteiger partial charge in [0.25, 0.3) is 5.91 Å². The number of nitrogens with one attached hydrogen (secondary N) is 1. The lowest BCUT2D eigenvalue weighted by Crippen LogP contribution is -2.36. The summed E-state index contributed by atoms with van der Waals surface area (Å²) in [6.45, 7) is 2.02. The van der Waals surface area contributed by atoms with Crippen LogP contribution < -0.4 is 5.32 Å². The first-order valence-electron chi connectivity index (χ1n) is 7.53. The molecule has 0 unspecified atom stereocenters. The lowest BCUT2D eigenvalue weighted by Gasteiger charge is -2.22. The Bertz CT molecular complexity index is 636. The molecule has 1 aromatic heterocycles. The summed E-state index contributed by atoms with van der Waals surface area (Å²) in [5.41, 5.74) is 3.01. The number of hydrogen-bond acceptors (Lipinski definition) is 1. The van der Waals surface area contributed by atoms with E-state index < -0.39 is 0 Å². The van der Waals surface area contributed by atoms with Crippen molar-refractivity contribution in [2.45, 2.75) is 45.1 Å². The largest absolute Gasteiger partial charge is 0.349 e. The van der Waals surface area contributed by atoms with Crippen molar-refractivity contribution in [3.05, 3.63) is 35.5 Å². The standard InChI is InChI=1S/C17H22N2O/c1-12-16(14-10-6-7-11-15(14)19(12)2)17(20)18-13-8-4-3-5-9-13/h6-7,10-11,13H,3-5,8-9H2,1-2H3,(H,18,20). The van der Waals surface area contributed by atoms with Gasteiger partial charge in [-0.3, -0.25) is 4.79 Å². The molecule has 3 nitrogen and oxygen atoms in total. The molecule has 1 amide bonds. The summed E-state index contributed by atoms with van der Waals surface area (Å²) < 4.78 is 2.10. The van der Waals surface area contributed by atoms with Gasteiger partial charge in [-0.25, -0.2) is 0 Å². The van der Waals surface area contributed by atoms with Crippen molar-refractivity contribution in [2.75, 3.05) is 0 Å². The van der Waals surface area contributed by atoms with Crippen LogP contribution in [0.4, 0.5) is 0 Å². The number of rotatable bonds is 2. The second-order valence-corrected chi connectivity index (χ2v) is 5.84. The lowest BCUT2D eigenvalue weighted by atomic mass is 9.95. The summed E-state index contributed by atoms with van der Waals surface area (Å²) in [5, 5.41) is 4.29. The van der Waals surface area contributed by atoms with Crippen LogP contribution in [-0.2, 0) is 7.05 Å². The summed E-state index contributed by atoms with van der Waals surface area (Å²) in [5.74, 6) is 0.0891. The number of hydrogen-bond donors (Lipinski definition) is 1.